The molecule has 2 aromatic heterocycles. The largest absolute Gasteiger partial charge is 0.384 e. The predicted molar refractivity (Wildman–Crippen MR) is 70.9 cm³/mol. The van der Waals surface area contributed by atoms with Gasteiger partial charge in [-0.2, -0.15) is 0 Å². The van der Waals surface area contributed by atoms with Crippen LogP contribution in [0.4, 0.5) is 5.00 Å². The van der Waals surface area contributed by atoms with Gasteiger partial charge in [0.1, 0.15) is 11.6 Å². The second-order valence-electron chi connectivity index (χ2n) is 3.32. The number of aromatic nitrogens is 2. The van der Waals surface area contributed by atoms with Crippen molar-refractivity contribution in [2.75, 3.05) is 11.9 Å². The Balaban J connectivity index is 2.16. The van der Waals surface area contributed by atoms with Gasteiger partial charge in [-0.1, -0.05) is 16.3 Å². The molecule has 0 aliphatic heterocycles. The highest BCUT2D eigenvalue weighted by atomic mass is 32.1. The van der Waals surface area contributed by atoms with Crippen LogP contribution in [-0.2, 0) is 0 Å². The topological polar surface area (TPSA) is 75.1 Å². The summed E-state index contributed by atoms with van der Waals surface area (Å²) in [6, 6.07) is 1.77. The van der Waals surface area contributed by atoms with Gasteiger partial charge in [-0.3, -0.25) is 4.79 Å². The molecule has 2 rings (SSSR count). The van der Waals surface area contributed by atoms with Crippen molar-refractivity contribution >= 4 is 33.8 Å². The van der Waals surface area contributed by atoms with Crippen molar-refractivity contribution in [3.05, 3.63) is 27.6 Å². The number of rotatable bonds is 2. The maximum Gasteiger partial charge on any atom is 0.266 e. The van der Waals surface area contributed by atoms with Crippen LogP contribution in [0.1, 0.15) is 20.1 Å². The van der Waals surface area contributed by atoms with Gasteiger partial charge in [0.15, 0.2) is 0 Å². The molecule has 7 heteroatoms. The highest BCUT2D eigenvalue weighted by Gasteiger charge is 2.12. The third-order valence-corrected chi connectivity index (χ3v) is 3.75. The Morgan fingerprint density at radius 2 is 2.44 bits per heavy atom. The van der Waals surface area contributed by atoms with Crippen LogP contribution < -0.4 is 5.32 Å². The first kappa shape index (κ1) is 12.7. The van der Waals surface area contributed by atoms with E-state index in [1.54, 1.807) is 6.07 Å². The summed E-state index contributed by atoms with van der Waals surface area (Å²) in [6.45, 7) is 1.69. The number of aryl methyl sites for hydroxylation is 1. The predicted octanol–water partition coefficient (Wildman–Crippen LogP) is 1.50. The molecule has 2 aromatic rings. The molecule has 0 fully saturated rings. The molecule has 0 saturated heterocycles. The molecule has 0 atom stereocenters. The number of nitrogens with one attached hydrogen (secondary N) is 1. The van der Waals surface area contributed by atoms with Gasteiger partial charge >= 0.3 is 0 Å². The van der Waals surface area contributed by atoms with Gasteiger partial charge in [0.25, 0.3) is 5.91 Å². The zero-order valence-corrected chi connectivity index (χ0v) is 11.1. The van der Waals surface area contributed by atoms with Crippen molar-refractivity contribution in [3.8, 4) is 11.8 Å². The summed E-state index contributed by atoms with van der Waals surface area (Å²) in [7, 11) is 0. The molecule has 0 aliphatic carbocycles. The number of hydrogen-bond acceptors (Lipinski definition) is 6. The molecule has 0 radical (unpaired) electrons. The van der Waals surface area contributed by atoms with Crippen LogP contribution >= 0.6 is 22.9 Å². The molecule has 0 bridgehead atoms. The van der Waals surface area contributed by atoms with E-state index in [0.717, 1.165) is 22.0 Å². The second-order valence-corrected chi connectivity index (χ2v) is 5.16. The molecule has 1 amide bonds. The smallest absolute Gasteiger partial charge is 0.266 e. The van der Waals surface area contributed by atoms with E-state index in [1.807, 2.05) is 6.92 Å². The van der Waals surface area contributed by atoms with Crippen LogP contribution in [0.15, 0.2) is 12.3 Å². The van der Waals surface area contributed by atoms with Crippen molar-refractivity contribution in [3.63, 3.8) is 0 Å². The number of amides is 1. The van der Waals surface area contributed by atoms with E-state index in [1.165, 1.54) is 17.5 Å². The number of hydrogen-bond donors (Lipinski definition) is 2. The van der Waals surface area contributed by atoms with Crippen molar-refractivity contribution in [1.82, 2.24) is 9.59 Å². The minimum absolute atomic E-state index is 0.189. The number of carbonyl (C=O) groups is 1. The number of aliphatic hydroxyl groups excluding tert-OH is 1. The summed E-state index contributed by atoms with van der Waals surface area (Å²) < 4.78 is 3.66. The lowest BCUT2D eigenvalue weighted by atomic mass is 10.2. The molecule has 5 nitrogen and oxygen atoms in total. The van der Waals surface area contributed by atoms with Crippen molar-refractivity contribution in [1.29, 1.82) is 0 Å². The molecule has 0 aliphatic rings. The minimum Gasteiger partial charge on any atom is -0.384 e. The quantitative estimate of drug-likeness (QED) is 0.817. The van der Waals surface area contributed by atoms with Gasteiger partial charge in [-0.15, -0.1) is 16.4 Å². The molecule has 2 N–H and O–H groups in total. The van der Waals surface area contributed by atoms with Gasteiger partial charge in [0, 0.05) is 11.5 Å². The van der Waals surface area contributed by atoms with Gasteiger partial charge in [0.05, 0.1) is 16.0 Å². The van der Waals surface area contributed by atoms with Gasteiger partial charge in [-0.05, 0) is 18.6 Å². The van der Waals surface area contributed by atoms with E-state index in [4.69, 9.17) is 5.11 Å². The molecular weight excluding hydrogens is 270 g/mol. The third-order valence-electron chi connectivity index (χ3n) is 2.02. The molecule has 0 saturated carbocycles. The molecule has 0 aromatic carbocycles. The highest BCUT2D eigenvalue weighted by Crippen LogP contribution is 2.22. The fourth-order valence-corrected chi connectivity index (χ4v) is 2.59. The summed E-state index contributed by atoms with van der Waals surface area (Å²) in [4.78, 5) is 13.3. The van der Waals surface area contributed by atoms with Crippen molar-refractivity contribution in [2.24, 2.45) is 0 Å². The zero-order valence-electron chi connectivity index (χ0n) is 9.43. The molecule has 0 unspecified atom stereocenters. The van der Waals surface area contributed by atoms with Crippen molar-refractivity contribution < 1.29 is 9.90 Å². The Morgan fingerprint density at radius 3 is 3.11 bits per heavy atom. The van der Waals surface area contributed by atoms with Crippen molar-refractivity contribution in [2.45, 2.75) is 6.92 Å². The zero-order chi connectivity index (χ0) is 13.0. The van der Waals surface area contributed by atoms with Crippen LogP contribution in [0.5, 0.6) is 0 Å². The second kappa shape index (κ2) is 5.73. The van der Waals surface area contributed by atoms with Crippen LogP contribution in [0.2, 0.25) is 0 Å². The molecule has 18 heavy (non-hydrogen) atoms. The first-order valence-corrected chi connectivity index (χ1v) is 6.58. The van der Waals surface area contributed by atoms with Crippen LogP contribution in [0.3, 0.4) is 0 Å². The number of nitrogens with zero attached hydrogens (tertiary/aromatic N) is 2. The monoisotopic (exact) mass is 279 g/mol. The Labute approximate surface area is 112 Å². The van der Waals surface area contributed by atoms with Gasteiger partial charge in [-0.25, -0.2) is 0 Å². The van der Waals surface area contributed by atoms with Crippen LogP contribution in [-0.4, -0.2) is 27.2 Å². The molecule has 92 valence electrons. The summed E-state index contributed by atoms with van der Waals surface area (Å²) in [5.41, 5.74) is 0.925. The normalized spacial score (nSPS) is 9.67. The lowest BCUT2D eigenvalue weighted by molar-refractivity contribution is 0.103. The fraction of sp³-hybridized carbons (Fsp3) is 0.182. The first-order valence-electron chi connectivity index (χ1n) is 4.99. The summed E-state index contributed by atoms with van der Waals surface area (Å²) >= 11 is 2.42. The summed E-state index contributed by atoms with van der Waals surface area (Å²) in [6.07, 6.45) is 1.50. The highest BCUT2D eigenvalue weighted by molar-refractivity contribution is 7.15. The SMILES string of the molecule is Cc1cc(C(=O)Nc2cnns2)sc1C#CCO. The van der Waals surface area contributed by atoms with E-state index in [0.29, 0.717) is 9.88 Å². The molecular formula is C11H9N3O2S2. The number of carbonyl (C=O) groups excluding carboxylic acids is 1. The van der Waals surface area contributed by atoms with Crippen LogP contribution in [0, 0.1) is 18.8 Å². The standard InChI is InChI=1S/C11H9N3O2S2/c1-7-5-9(17-8(7)3-2-4-15)11(16)13-10-6-12-14-18-10/h5-6,15H,4H2,1H3,(H,13,16). The first-order chi connectivity index (χ1) is 8.70. The number of anilines is 1. The molecule has 2 heterocycles. The molecule has 0 spiro atoms. The van der Waals surface area contributed by atoms with Crippen LogP contribution in [0.25, 0.3) is 0 Å². The lowest BCUT2D eigenvalue weighted by Crippen LogP contribution is -2.08. The minimum atomic E-state index is -0.203. The Hall–Kier alpha value is -1.75. The van der Waals surface area contributed by atoms with Gasteiger partial charge < -0.3 is 10.4 Å². The summed E-state index contributed by atoms with van der Waals surface area (Å²) in [5.74, 6) is 5.18. The van der Waals surface area contributed by atoms with E-state index >= 15 is 0 Å². The average molecular weight is 279 g/mol. The number of thiophene rings is 1. The Bertz CT molecular complexity index is 608. The maximum absolute atomic E-state index is 11.9. The number of aliphatic hydroxyl groups is 1. The Morgan fingerprint density at radius 1 is 1.61 bits per heavy atom. The van der Waals surface area contributed by atoms with E-state index < -0.39 is 0 Å². The van der Waals surface area contributed by atoms with Gasteiger partial charge in [0.2, 0.25) is 0 Å². The van der Waals surface area contributed by atoms with E-state index in [2.05, 4.69) is 26.7 Å². The maximum atomic E-state index is 11.9. The van der Waals surface area contributed by atoms with E-state index in [-0.39, 0.29) is 12.5 Å². The van der Waals surface area contributed by atoms with E-state index in [9.17, 15) is 4.79 Å². The third kappa shape index (κ3) is 2.92. The average Bonchev–Trinajstić information content (AvgIpc) is 2.96. The summed E-state index contributed by atoms with van der Waals surface area (Å²) in [5, 5.41) is 15.6. The Kier molecular flexibility index (Phi) is 4.04. The lowest BCUT2D eigenvalue weighted by Gasteiger charge is -1.96. The fourth-order valence-electron chi connectivity index (χ4n) is 1.23.